The molecule has 0 heterocycles. The van der Waals surface area contributed by atoms with E-state index in [1.165, 1.54) is 0 Å². The molecule has 96 valence electrons. The van der Waals surface area contributed by atoms with Gasteiger partial charge in [0.15, 0.2) is 0 Å². The lowest BCUT2D eigenvalue weighted by atomic mass is 10.2. The predicted octanol–water partition coefficient (Wildman–Crippen LogP) is 1.75. The average Bonchev–Trinajstić information content (AvgIpc) is 3.10. The highest BCUT2D eigenvalue weighted by molar-refractivity contribution is 9.10. The van der Waals surface area contributed by atoms with E-state index < -0.39 is 0 Å². The molecule has 2 rings (SSSR count). The molecule has 0 radical (unpaired) electrons. The first-order valence-electron chi connectivity index (χ1n) is 5.62. The van der Waals surface area contributed by atoms with Gasteiger partial charge in [0, 0.05) is 15.4 Å². The van der Waals surface area contributed by atoms with Gasteiger partial charge in [0.25, 0.3) is 5.91 Å². The van der Waals surface area contributed by atoms with Crippen LogP contribution >= 0.6 is 28.6 Å². The monoisotopic (exact) mass is 328 g/mol. The maximum atomic E-state index is 11.8. The molecule has 4 nitrogen and oxygen atoms in total. The molecule has 2 N–H and O–H groups in total. The number of hydrogen-bond acceptors (Lipinski definition) is 3. The molecule has 0 saturated heterocycles. The molecule has 0 aliphatic heterocycles. The summed E-state index contributed by atoms with van der Waals surface area (Å²) in [7, 11) is 0. The first-order valence-corrected chi connectivity index (χ1v) is 6.86. The molecule has 1 fully saturated rings. The molecule has 1 aromatic rings. The Hall–Kier alpha value is -1.01. The fraction of sp³-hybridized carbons (Fsp3) is 0.333. The van der Waals surface area contributed by atoms with Crippen LogP contribution in [0.2, 0.25) is 0 Å². The quantitative estimate of drug-likeness (QED) is 0.737. The van der Waals surface area contributed by atoms with Crippen LogP contribution in [0.25, 0.3) is 0 Å². The number of halogens is 1. The Morgan fingerprint density at radius 3 is 2.72 bits per heavy atom. The molecule has 0 unspecified atom stereocenters. The molecule has 6 heteroatoms. The van der Waals surface area contributed by atoms with Crippen LogP contribution in [0.5, 0.6) is 0 Å². The molecule has 0 atom stereocenters. The zero-order chi connectivity index (χ0) is 13.1. The molecule has 0 bridgehead atoms. The van der Waals surface area contributed by atoms with Gasteiger partial charge < -0.3 is 10.6 Å². The predicted molar refractivity (Wildman–Crippen MR) is 74.9 cm³/mol. The van der Waals surface area contributed by atoms with Crippen LogP contribution in [0.4, 0.5) is 0 Å². The van der Waals surface area contributed by atoms with Crippen LogP contribution < -0.4 is 10.6 Å². The van der Waals surface area contributed by atoms with Gasteiger partial charge >= 0.3 is 0 Å². The highest BCUT2D eigenvalue weighted by Crippen LogP contribution is 2.20. The van der Waals surface area contributed by atoms with E-state index in [9.17, 15) is 9.59 Å². The molecule has 18 heavy (non-hydrogen) atoms. The topological polar surface area (TPSA) is 58.2 Å². The van der Waals surface area contributed by atoms with Gasteiger partial charge in [-0.05, 0) is 31.0 Å². The lowest BCUT2D eigenvalue weighted by molar-refractivity contribution is -0.120. The van der Waals surface area contributed by atoms with Gasteiger partial charge in [0.05, 0.1) is 12.1 Å². The number of thiol groups is 1. The summed E-state index contributed by atoms with van der Waals surface area (Å²) < 4.78 is 0.857. The Balaban J connectivity index is 1.88. The summed E-state index contributed by atoms with van der Waals surface area (Å²) in [5.74, 6) is -0.442. The van der Waals surface area contributed by atoms with Crippen molar-refractivity contribution < 1.29 is 9.59 Å². The van der Waals surface area contributed by atoms with Crippen LogP contribution in [-0.2, 0) is 4.79 Å². The second-order valence-corrected chi connectivity index (χ2v) is 5.58. The van der Waals surface area contributed by atoms with Gasteiger partial charge in [-0.25, -0.2) is 0 Å². The van der Waals surface area contributed by atoms with Gasteiger partial charge in [-0.15, -0.1) is 12.6 Å². The molecule has 1 aliphatic carbocycles. The standard InChI is InChI=1S/C12H13BrN2O2S/c13-7-1-4-9(10(18)5-7)12(17)14-6-11(16)15-8-2-3-8/h1,4-5,8,18H,2-3,6H2,(H,14,17)(H,15,16). The number of rotatable bonds is 4. The van der Waals surface area contributed by atoms with Crippen LogP contribution in [0.15, 0.2) is 27.6 Å². The summed E-state index contributed by atoms with van der Waals surface area (Å²) in [6.07, 6.45) is 2.07. The van der Waals surface area contributed by atoms with E-state index in [1.807, 2.05) is 0 Å². The number of amides is 2. The van der Waals surface area contributed by atoms with Gasteiger partial charge in [-0.2, -0.15) is 0 Å². The highest BCUT2D eigenvalue weighted by atomic mass is 79.9. The molecule has 2 amide bonds. The number of hydrogen-bond donors (Lipinski definition) is 3. The Bertz CT molecular complexity index is 489. The zero-order valence-corrected chi connectivity index (χ0v) is 12.1. The fourth-order valence-corrected chi connectivity index (χ4v) is 2.31. The largest absolute Gasteiger partial charge is 0.352 e. The maximum absolute atomic E-state index is 11.8. The first-order chi connectivity index (χ1) is 8.56. The Morgan fingerprint density at radius 2 is 2.11 bits per heavy atom. The van der Waals surface area contributed by atoms with E-state index in [1.54, 1.807) is 18.2 Å². The van der Waals surface area contributed by atoms with Crippen molar-refractivity contribution in [3.05, 3.63) is 28.2 Å². The minimum atomic E-state index is -0.293. The van der Waals surface area contributed by atoms with E-state index in [-0.39, 0.29) is 18.4 Å². The Kier molecular flexibility index (Phi) is 4.29. The number of carbonyl (C=O) groups is 2. The third kappa shape index (κ3) is 3.74. The summed E-state index contributed by atoms with van der Waals surface area (Å²) in [5, 5.41) is 5.38. The maximum Gasteiger partial charge on any atom is 0.252 e. The van der Waals surface area contributed by atoms with Gasteiger partial charge in [-0.1, -0.05) is 15.9 Å². The second kappa shape index (κ2) is 5.75. The molecular weight excluding hydrogens is 316 g/mol. The van der Waals surface area contributed by atoms with Crippen LogP contribution in [0, 0.1) is 0 Å². The van der Waals surface area contributed by atoms with Crippen LogP contribution in [0.3, 0.4) is 0 Å². The van der Waals surface area contributed by atoms with E-state index >= 15 is 0 Å². The van der Waals surface area contributed by atoms with Gasteiger partial charge in [0.2, 0.25) is 5.91 Å². The highest BCUT2D eigenvalue weighted by Gasteiger charge is 2.23. The Morgan fingerprint density at radius 1 is 1.39 bits per heavy atom. The van der Waals surface area contributed by atoms with E-state index in [2.05, 4.69) is 39.2 Å². The van der Waals surface area contributed by atoms with Crippen molar-refractivity contribution in [1.82, 2.24) is 10.6 Å². The smallest absolute Gasteiger partial charge is 0.252 e. The van der Waals surface area contributed by atoms with Crippen molar-refractivity contribution in [2.24, 2.45) is 0 Å². The summed E-state index contributed by atoms with van der Waals surface area (Å²) in [4.78, 5) is 23.8. The normalized spacial score (nSPS) is 14.1. The van der Waals surface area contributed by atoms with Crippen molar-refractivity contribution in [2.45, 2.75) is 23.8 Å². The van der Waals surface area contributed by atoms with Gasteiger partial charge in [0.1, 0.15) is 0 Å². The number of benzene rings is 1. The van der Waals surface area contributed by atoms with Crippen molar-refractivity contribution in [2.75, 3.05) is 6.54 Å². The summed E-state index contributed by atoms with van der Waals surface area (Å²) in [6.45, 7) is -0.00137. The molecule has 1 saturated carbocycles. The average molecular weight is 329 g/mol. The molecule has 1 aliphatic rings. The molecular formula is C12H13BrN2O2S. The first kappa shape index (κ1) is 13.4. The van der Waals surface area contributed by atoms with E-state index in [0.717, 1.165) is 17.3 Å². The fourth-order valence-electron chi connectivity index (χ4n) is 1.46. The lowest BCUT2D eigenvalue weighted by Crippen LogP contribution is -2.37. The van der Waals surface area contributed by atoms with Crippen LogP contribution in [0.1, 0.15) is 23.2 Å². The summed E-state index contributed by atoms with van der Waals surface area (Å²) in [6, 6.07) is 5.48. The number of carbonyl (C=O) groups excluding carboxylic acids is 2. The zero-order valence-electron chi connectivity index (χ0n) is 9.57. The lowest BCUT2D eigenvalue weighted by Gasteiger charge is -2.07. The minimum absolute atomic E-state index is 0.00137. The summed E-state index contributed by atoms with van der Waals surface area (Å²) >= 11 is 7.52. The Labute approximate surface area is 119 Å². The third-order valence-electron chi connectivity index (χ3n) is 2.56. The van der Waals surface area contributed by atoms with Gasteiger partial charge in [-0.3, -0.25) is 9.59 Å². The number of nitrogens with one attached hydrogen (secondary N) is 2. The van der Waals surface area contributed by atoms with E-state index in [4.69, 9.17) is 0 Å². The van der Waals surface area contributed by atoms with E-state index in [0.29, 0.717) is 16.5 Å². The molecule has 0 spiro atoms. The third-order valence-corrected chi connectivity index (χ3v) is 3.42. The second-order valence-electron chi connectivity index (χ2n) is 4.19. The van der Waals surface area contributed by atoms with Crippen molar-refractivity contribution in [3.8, 4) is 0 Å². The minimum Gasteiger partial charge on any atom is -0.352 e. The van der Waals surface area contributed by atoms with Crippen LogP contribution in [-0.4, -0.2) is 24.4 Å². The van der Waals surface area contributed by atoms with Crippen molar-refractivity contribution in [1.29, 1.82) is 0 Å². The van der Waals surface area contributed by atoms with Crippen molar-refractivity contribution in [3.63, 3.8) is 0 Å². The summed E-state index contributed by atoms with van der Waals surface area (Å²) in [5.41, 5.74) is 0.459. The van der Waals surface area contributed by atoms with Crippen molar-refractivity contribution >= 4 is 40.4 Å². The molecule has 1 aromatic carbocycles. The SMILES string of the molecule is O=C(CNC(=O)c1ccc(Br)cc1S)NC1CC1. The molecule has 0 aromatic heterocycles.